The molecular formula is C28H28F6N2O5. The fraction of sp³-hybridized carbons (Fsp3) is 0.464. The predicted molar refractivity (Wildman–Crippen MR) is 136 cm³/mol. The summed E-state index contributed by atoms with van der Waals surface area (Å²) in [5.41, 5.74) is -1.83. The number of nitro groups is 1. The summed E-state index contributed by atoms with van der Waals surface area (Å²) in [6.07, 6.45) is -10.7. The maximum Gasteiger partial charge on any atom is 0.416 e. The number of hydrogen-bond acceptors (Lipinski definition) is 5. The molecule has 0 unspecified atom stereocenters. The lowest BCUT2D eigenvalue weighted by Gasteiger charge is -2.35. The molecule has 0 radical (unpaired) electrons. The number of alkyl halides is 6. The van der Waals surface area contributed by atoms with Gasteiger partial charge >= 0.3 is 18.4 Å². The second-order valence-corrected chi connectivity index (χ2v) is 11.1. The molecule has 4 rings (SSSR count). The quantitative estimate of drug-likeness (QED) is 0.194. The number of nitro benzene ring substituents is 1. The fourth-order valence-electron chi connectivity index (χ4n) is 5.44. The van der Waals surface area contributed by atoms with Crippen molar-refractivity contribution >= 4 is 17.4 Å². The Morgan fingerprint density at radius 3 is 2.22 bits per heavy atom. The number of rotatable bonds is 6. The number of non-ortho nitro benzene ring substituents is 1. The van der Waals surface area contributed by atoms with Crippen molar-refractivity contribution in [3.63, 3.8) is 0 Å². The Balaban J connectivity index is 1.75. The summed E-state index contributed by atoms with van der Waals surface area (Å²) < 4.78 is 91.5. The van der Waals surface area contributed by atoms with E-state index < -0.39 is 52.2 Å². The highest BCUT2D eigenvalue weighted by atomic mass is 19.4. The highest BCUT2D eigenvalue weighted by Gasteiger charge is 2.44. The van der Waals surface area contributed by atoms with Crippen LogP contribution in [0.25, 0.3) is 5.57 Å². The first kappa shape index (κ1) is 30.2. The van der Waals surface area contributed by atoms with Gasteiger partial charge in [-0.3, -0.25) is 15.0 Å². The molecule has 1 saturated heterocycles. The second-order valence-electron chi connectivity index (χ2n) is 11.1. The van der Waals surface area contributed by atoms with Gasteiger partial charge in [0.1, 0.15) is 11.9 Å². The van der Waals surface area contributed by atoms with Gasteiger partial charge in [-0.25, -0.2) is 4.79 Å². The lowest BCUT2D eigenvalue weighted by molar-refractivity contribution is -0.384. The number of carbonyl (C=O) groups excluding carboxylic acids is 1. The Morgan fingerprint density at radius 2 is 1.68 bits per heavy atom. The lowest BCUT2D eigenvalue weighted by atomic mass is 9.72. The molecule has 2 aromatic rings. The molecule has 0 N–H and O–H groups in total. The van der Waals surface area contributed by atoms with E-state index in [-0.39, 0.29) is 23.7 Å². The molecule has 1 heterocycles. The molecule has 1 fully saturated rings. The zero-order chi connectivity index (χ0) is 30.5. The average Bonchev–Trinajstić information content (AvgIpc) is 3.15. The van der Waals surface area contributed by atoms with E-state index in [0.29, 0.717) is 36.3 Å². The third kappa shape index (κ3) is 6.28. The van der Waals surface area contributed by atoms with Crippen molar-refractivity contribution in [2.75, 3.05) is 13.7 Å². The van der Waals surface area contributed by atoms with E-state index >= 15 is 0 Å². The summed E-state index contributed by atoms with van der Waals surface area (Å²) >= 11 is 0. The first-order chi connectivity index (χ1) is 18.9. The molecule has 0 spiro atoms. The van der Waals surface area contributed by atoms with Crippen molar-refractivity contribution in [2.24, 2.45) is 5.41 Å². The Labute approximate surface area is 231 Å². The van der Waals surface area contributed by atoms with Crippen molar-refractivity contribution < 1.29 is 45.5 Å². The minimum absolute atomic E-state index is 0.0241. The molecule has 0 aromatic heterocycles. The number of methoxy groups -OCH3 is 1. The molecule has 0 bridgehead atoms. The number of hydrogen-bond donors (Lipinski definition) is 0. The maximum absolute atomic E-state index is 13.5. The second kappa shape index (κ2) is 10.6. The van der Waals surface area contributed by atoms with Crippen LogP contribution in [0.3, 0.4) is 0 Å². The summed E-state index contributed by atoms with van der Waals surface area (Å²) in [6, 6.07) is 4.42. The van der Waals surface area contributed by atoms with E-state index in [2.05, 4.69) is 0 Å². The summed E-state index contributed by atoms with van der Waals surface area (Å²) in [4.78, 5) is 25.2. The summed E-state index contributed by atoms with van der Waals surface area (Å²) in [5.74, 6) is 0.390. The van der Waals surface area contributed by atoms with Crippen LogP contribution in [0.15, 0.2) is 42.0 Å². The molecule has 1 aliphatic carbocycles. The molecule has 2 atom stereocenters. The van der Waals surface area contributed by atoms with Gasteiger partial charge in [-0.1, -0.05) is 13.8 Å². The standard InChI is InChI=1S/C28H28F6N2O5/c1-15-24(16-9-18(27(29,30)31)11-19(10-16)28(32,33)34)41-25(37)35(15)14-17-13-26(2,3)8-7-21(17)22-12-20(36(38)39)5-6-23(22)40-4/h5-6,9-12,15,24H,7-8,13-14H2,1-4H3/t15-,24-/m0/s1. The highest BCUT2D eigenvalue weighted by Crippen LogP contribution is 2.47. The van der Waals surface area contributed by atoms with Gasteiger partial charge in [0.25, 0.3) is 5.69 Å². The van der Waals surface area contributed by atoms with Gasteiger partial charge in [-0.2, -0.15) is 26.3 Å². The molecule has 2 aliphatic rings. The monoisotopic (exact) mass is 586 g/mol. The van der Waals surface area contributed by atoms with Crippen molar-refractivity contribution in [1.82, 2.24) is 4.90 Å². The number of allylic oxidation sites excluding steroid dienone is 1. The molecule has 13 heteroatoms. The number of amides is 1. The molecule has 222 valence electrons. The van der Waals surface area contributed by atoms with Crippen LogP contribution >= 0.6 is 0 Å². The third-order valence-corrected chi connectivity index (χ3v) is 7.58. The van der Waals surface area contributed by atoms with Crippen LogP contribution in [0.1, 0.15) is 68.4 Å². The maximum atomic E-state index is 13.5. The normalized spacial score (nSPS) is 21.2. The molecule has 0 saturated carbocycles. The van der Waals surface area contributed by atoms with Crippen LogP contribution in [0.5, 0.6) is 5.75 Å². The van der Waals surface area contributed by atoms with Crippen LogP contribution in [0.4, 0.5) is 36.8 Å². The van der Waals surface area contributed by atoms with E-state index in [9.17, 15) is 41.3 Å². The van der Waals surface area contributed by atoms with Gasteiger partial charge in [0.05, 0.1) is 29.2 Å². The third-order valence-electron chi connectivity index (χ3n) is 7.58. The largest absolute Gasteiger partial charge is 0.496 e. The van der Waals surface area contributed by atoms with Crippen molar-refractivity contribution in [3.8, 4) is 5.75 Å². The first-order valence-corrected chi connectivity index (χ1v) is 12.7. The first-order valence-electron chi connectivity index (χ1n) is 12.7. The molecular weight excluding hydrogens is 558 g/mol. The van der Waals surface area contributed by atoms with Gasteiger partial charge in [-0.15, -0.1) is 0 Å². The van der Waals surface area contributed by atoms with E-state index in [1.54, 1.807) is 0 Å². The van der Waals surface area contributed by atoms with Crippen molar-refractivity contribution in [3.05, 3.63) is 74.3 Å². The SMILES string of the molecule is COc1ccc([N+](=O)[O-])cc1C1=C(CN2C(=O)O[C@H](c3cc(C(F)(F)F)cc(C(F)(F)F)c3)[C@@H]2C)CC(C)(C)CC1. The molecule has 41 heavy (non-hydrogen) atoms. The van der Waals surface area contributed by atoms with Crippen molar-refractivity contribution in [2.45, 2.75) is 64.5 Å². The Bertz CT molecular complexity index is 1370. The van der Waals surface area contributed by atoms with Gasteiger partial charge in [0.2, 0.25) is 0 Å². The number of nitrogens with zero attached hydrogens (tertiary/aromatic N) is 2. The van der Waals surface area contributed by atoms with E-state index in [4.69, 9.17) is 9.47 Å². The number of ether oxygens (including phenoxy) is 2. The van der Waals surface area contributed by atoms with Gasteiger partial charge in [0.15, 0.2) is 0 Å². The Hall–Kier alpha value is -3.77. The minimum Gasteiger partial charge on any atom is -0.496 e. The van der Waals surface area contributed by atoms with Crippen LogP contribution in [-0.4, -0.2) is 35.6 Å². The van der Waals surface area contributed by atoms with E-state index in [0.717, 1.165) is 17.6 Å². The molecule has 2 aromatic carbocycles. The summed E-state index contributed by atoms with van der Waals surface area (Å²) in [7, 11) is 1.42. The number of carbonyl (C=O) groups is 1. The van der Waals surface area contributed by atoms with E-state index in [1.165, 1.54) is 37.1 Å². The van der Waals surface area contributed by atoms with Crippen molar-refractivity contribution in [1.29, 1.82) is 0 Å². The number of cyclic esters (lactones) is 1. The fourth-order valence-corrected chi connectivity index (χ4v) is 5.44. The van der Waals surface area contributed by atoms with Crippen LogP contribution < -0.4 is 4.74 Å². The molecule has 1 aliphatic heterocycles. The summed E-state index contributed by atoms with van der Waals surface area (Å²) in [5, 5.41) is 11.5. The Morgan fingerprint density at radius 1 is 1.07 bits per heavy atom. The van der Waals surface area contributed by atoms with Crippen LogP contribution in [0, 0.1) is 15.5 Å². The predicted octanol–water partition coefficient (Wildman–Crippen LogP) is 8.19. The number of halogens is 6. The van der Waals surface area contributed by atoms with E-state index in [1.807, 2.05) is 13.8 Å². The topological polar surface area (TPSA) is 81.9 Å². The minimum atomic E-state index is -5.05. The smallest absolute Gasteiger partial charge is 0.416 e. The average molecular weight is 587 g/mol. The van der Waals surface area contributed by atoms with Gasteiger partial charge < -0.3 is 9.47 Å². The zero-order valence-electron chi connectivity index (χ0n) is 22.7. The number of benzene rings is 2. The molecule has 1 amide bonds. The van der Waals surface area contributed by atoms with Crippen LogP contribution in [-0.2, 0) is 17.1 Å². The summed E-state index contributed by atoms with van der Waals surface area (Å²) in [6.45, 7) is 5.49. The van der Waals surface area contributed by atoms with Gasteiger partial charge in [-0.05, 0) is 72.6 Å². The van der Waals surface area contributed by atoms with Crippen LogP contribution in [0.2, 0.25) is 0 Å². The lowest BCUT2D eigenvalue weighted by Crippen LogP contribution is -2.35. The molecule has 7 nitrogen and oxygen atoms in total. The van der Waals surface area contributed by atoms with Gasteiger partial charge in [0, 0.05) is 24.2 Å². The highest BCUT2D eigenvalue weighted by molar-refractivity contribution is 5.77. The Kier molecular flexibility index (Phi) is 7.78. The zero-order valence-corrected chi connectivity index (χ0v) is 22.7.